The Hall–Kier alpha value is -2.12. The number of aromatic amines is 1. The molecule has 0 aromatic carbocycles. The van der Waals surface area contributed by atoms with Gasteiger partial charge >= 0.3 is 0 Å². The monoisotopic (exact) mass is 412 g/mol. The van der Waals surface area contributed by atoms with Gasteiger partial charge in [0.15, 0.2) is 0 Å². The standard InChI is InChI=1S/C23H32N4O3/c1-12(2)18(11-28)26-22(29)17-10-25-21-16(3-4-24-21)20(17)27-19-14-5-13-6-15(19)9-23(30,7-13)8-14/h3-4,10,12-15,18-19,28,30H,5-9,11H2,1-2H3,(H,26,29)(H2,24,25,27)/t13?,14?,15?,18-,19?,23?/m1/s1. The maximum absolute atomic E-state index is 13.2. The first-order valence-electron chi connectivity index (χ1n) is 11.2. The van der Waals surface area contributed by atoms with Crippen LogP contribution < -0.4 is 10.6 Å². The van der Waals surface area contributed by atoms with E-state index in [0.29, 0.717) is 23.3 Å². The number of anilines is 1. The number of aliphatic hydroxyl groups excluding tert-OH is 1. The fraction of sp³-hybridized carbons (Fsp3) is 0.652. The van der Waals surface area contributed by atoms with Gasteiger partial charge in [-0.3, -0.25) is 4.79 Å². The summed E-state index contributed by atoms with van der Waals surface area (Å²) in [5.74, 6) is 1.41. The summed E-state index contributed by atoms with van der Waals surface area (Å²) in [6, 6.07) is 1.91. The lowest BCUT2D eigenvalue weighted by Crippen LogP contribution is -2.59. The highest BCUT2D eigenvalue weighted by Crippen LogP contribution is 2.56. The lowest BCUT2D eigenvalue weighted by atomic mass is 9.52. The van der Waals surface area contributed by atoms with Crippen molar-refractivity contribution in [1.82, 2.24) is 15.3 Å². The number of rotatable bonds is 6. The van der Waals surface area contributed by atoms with Crippen molar-refractivity contribution in [2.75, 3.05) is 11.9 Å². The molecule has 0 saturated heterocycles. The number of hydrogen-bond donors (Lipinski definition) is 5. The first-order valence-corrected chi connectivity index (χ1v) is 11.2. The van der Waals surface area contributed by atoms with Crippen molar-refractivity contribution in [1.29, 1.82) is 0 Å². The number of aliphatic hydroxyl groups is 2. The maximum Gasteiger partial charge on any atom is 0.255 e. The smallest absolute Gasteiger partial charge is 0.255 e. The summed E-state index contributed by atoms with van der Waals surface area (Å²) in [5, 5.41) is 28.2. The molecule has 30 heavy (non-hydrogen) atoms. The van der Waals surface area contributed by atoms with Gasteiger partial charge in [-0.2, -0.15) is 0 Å². The molecule has 4 saturated carbocycles. The Morgan fingerprint density at radius 1 is 1.30 bits per heavy atom. The van der Waals surface area contributed by atoms with E-state index in [9.17, 15) is 15.0 Å². The Balaban J connectivity index is 1.47. The molecule has 4 aliphatic rings. The molecule has 2 heterocycles. The van der Waals surface area contributed by atoms with Gasteiger partial charge in [0, 0.05) is 23.8 Å². The Bertz CT molecular complexity index is 939. The molecule has 162 valence electrons. The van der Waals surface area contributed by atoms with E-state index in [1.54, 1.807) is 6.20 Å². The Kier molecular flexibility index (Phi) is 4.78. The molecule has 1 amide bonds. The lowest BCUT2D eigenvalue weighted by molar-refractivity contribution is -0.129. The lowest BCUT2D eigenvalue weighted by Gasteiger charge is -2.58. The number of amides is 1. The van der Waals surface area contributed by atoms with Crippen molar-refractivity contribution in [3.05, 3.63) is 24.0 Å². The van der Waals surface area contributed by atoms with Gasteiger partial charge in [-0.1, -0.05) is 13.8 Å². The van der Waals surface area contributed by atoms with Crippen LogP contribution in [-0.4, -0.2) is 50.4 Å². The van der Waals surface area contributed by atoms with Crippen LogP contribution in [-0.2, 0) is 0 Å². The molecule has 4 fully saturated rings. The van der Waals surface area contributed by atoms with Crippen LogP contribution in [0, 0.1) is 23.7 Å². The first-order chi connectivity index (χ1) is 14.4. The number of aromatic nitrogens is 2. The summed E-state index contributed by atoms with van der Waals surface area (Å²) >= 11 is 0. The third-order valence-electron chi connectivity index (χ3n) is 7.70. The van der Waals surface area contributed by atoms with Crippen molar-refractivity contribution in [2.24, 2.45) is 23.7 Å². The van der Waals surface area contributed by atoms with Crippen molar-refractivity contribution >= 4 is 22.6 Å². The zero-order valence-corrected chi connectivity index (χ0v) is 17.7. The molecule has 7 nitrogen and oxygen atoms in total. The topological polar surface area (TPSA) is 110 Å². The van der Waals surface area contributed by atoms with Crippen LogP contribution in [0.3, 0.4) is 0 Å². The van der Waals surface area contributed by atoms with Gasteiger partial charge in [0.05, 0.1) is 29.5 Å². The molecule has 6 rings (SSSR count). The normalized spacial score (nSPS) is 33.2. The largest absolute Gasteiger partial charge is 0.394 e. The van der Waals surface area contributed by atoms with Crippen molar-refractivity contribution in [3.63, 3.8) is 0 Å². The molecule has 4 bridgehead atoms. The van der Waals surface area contributed by atoms with Crippen molar-refractivity contribution in [3.8, 4) is 0 Å². The number of pyridine rings is 1. The van der Waals surface area contributed by atoms with Crippen LogP contribution in [0.25, 0.3) is 11.0 Å². The minimum Gasteiger partial charge on any atom is -0.394 e. The zero-order chi connectivity index (χ0) is 21.0. The third kappa shape index (κ3) is 3.28. The molecular formula is C23H32N4O3. The zero-order valence-electron chi connectivity index (χ0n) is 17.7. The molecule has 3 atom stereocenters. The molecule has 0 aliphatic heterocycles. The average Bonchev–Trinajstić information content (AvgIpc) is 3.16. The van der Waals surface area contributed by atoms with E-state index in [1.807, 2.05) is 26.1 Å². The molecule has 0 radical (unpaired) electrons. The van der Waals surface area contributed by atoms with E-state index >= 15 is 0 Å². The highest BCUT2D eigenvalue weighted by molar-refractivity contribution is 6.06. The van der Waals surface area contributed by atoms with E-state index in [4.69, 9.17) is 0 Å². The summed E-state index contributed by atoms with van der Waals surface area (Å²) < 4.78 is 0. The van der Waals surface area contributed by atoms with Gasteiger partial charge in [-0.15, -0.1) is 0 Å². The van der Waals surface area contributed by atoms with Crippen LogP contribution in [0.5, 0.6) is 0 Å². The predicted octanol–water partition coefficient (Wildman–Crippen LogP) is 2.66. The molecule has 0 spiro atoms. The van der Waals surface area contributed by atoms with E-state index in [0.717, 1.165) is 48.8 Å². The van der Waals surface area contributed by atoms with E-state index < -0.39 is 5.60 Å². The van der Waals surface area contributed by atoms with Gasteiger partial charge in [-0.05, 0) is 61.8 Å². The summed E-state index contributed by atoms with van der Waals surface area (Å²) in [6.45, 7) is 3.86. The molecule has 2 aromatic heterocycles. The SMILES string of the molecule is CC(C)[C@@H](CO)NC(=O)c1cnc2[nH]ccc2c1NC1C2CC3CC1CC(O)(C3)C2. The summed E-state index contributed by atoms with van der Waals surface area (Å²) in [7, 11) is 0. The van der Waals surface area contributed by atoms with Crippen LogP contribution in [0.15, 0.2) is 18.5 Å². The summed E-state index contributed by atoms with van der Waals surface area (Å²) in [6.07, 6.45) is 8.42. The van der Waals surface area contributed by atoms with E-state index in [2.05, 4.69) is 20.6 Å². The van der Waals surface area contributed by atoms with Crippen LogP contribution in [0.4, 0.5) is 5.69 Å². The number of H-pyrrole nitrogens is 1. The van der Waals surface area contributed by atoms with Crippen LogP contribution in [0.2, 0.25) is 0 Å². The fourth-order valence-electron chi connectivity index (χ4n) is 6.39. The number of nitrogens with zero attached hydrogens (tertiary/aromatic N) is 1. The molecule has 7 heteroatoms. The first kappa shape index (κ1) is 19.8. The second-order valence-corrected chi connectivity index (χ2v) is 10.2. The third-order valence-corrected chi connectivity index (χ3v) is 7.70. The average molecular weight is 413 g/mol. The van der Waals surface area contributed by atoms with Crippen molar-refractivity contribution in [2.45, 2.75) is 63.6 Å². The quantitative estimate of drug-likeness (QED) is 0.501. The summed E-state index contributed by atoms with van der Waals surface area (Å²) in [5.41, 5.74) is 1.58. The second kappa shape index (κ2) is 7.24. The number of carbonyl (C=O) groups is 1. The van der Waals surface area contributed by atoms with Gasteiger partial charge in [0.1, 0.15) is 5.65 Å². The Morgan fingerprint density at radius 2 is 2.03 bits per heavy atom. The van der Waals surface area contributed by atoms with Gasteiger partial charge in [0.25, 0.3) is 5.91 Å². The Labute approximate surface area is 176 Å². The maximum atomic E-state index is 13.2. The van der Waals surface area contributed by atoms with Crippen LogP contribution >= 0.6 is 0 Å². The molecule has 5 N–H and O–H groups in total. The fourth-order valence-corrected chi connectivity index (χ4v) is 6.39. The van der Waals surface area contributed by atoms with Gasteiger partial charge in [-0.25, -0.2) is 4.98 Å². The van der Waals surface area contributed by atoms with E-state index in [1.165, 1.54) is 0 Å². The van der Waals surface area contributed by atoms with Gasteiger partial charge in [0.2, 0.25) is 0 Å². The predicted molar refractivity (Wildman–Crippen MR) is 115 cm³/mol. The minimum atomic E-state index is -0.484. The number of hydrogen-bond acceptors (Lipinski definition) is 5. The van der Waals surface area contributed by atoms with Gasteiger partial charge < -0.3 is 25.8 Å². The van der Waals surface area contributed by atoms with Crippen LogP contribution in [0.1, 0.15) is 56.3 Å². The highest BCUT2D eigenvalue weighted by atomic mass is 16.3. The molecule has 2 unspecified atom stereocenters. The summed E-state index contributed by atoms with van der Waals surface area (Å²) in [4.78, 5) is 20.7. The number of fused-ring (bicyclic) bond motifs is 1. The second-order valence-electron chi connectivity index (χ2n) is 10.2. The highest BCUT2D eigenvalue weighted by Gasteiger charge is 2.54. The number of nitrogens with one attached hydrogen (secondary N) is 3. The van der Waals surface area contributed by atoms with Crippen molar-refractivity contribution < 1.29 is 15.0 Å². The molecule has 4 aliphatic carbocycles. The molecular weight excluding hydrogens is 380 g/mol. The molecule has 2 aromatic rings. The minimum absolute atomic E-state index is 0.0985. The Morgan fingerprint density at radius 3 is 2.67 bits per heavy atom. The number of carbonyl (C=O) groups excluding carboxylic acids is 1. The van der Waals surface area contributed by atoms with E-state index in [-0.39, 0.29) is 30.5 Å².